The second kappa shape index (κ2) is 7.51. The molecule has 0 heterocycles. The van der Waals surface area contributed by atoms with E-state index in [-0.39, 0.29) is 23.7 Å². The smallest absolute Gasteiger partial charge is 0.226 e. The molecule has 0 spiro atoms. The van der Waals surface area contributed by atoms with Crippen LogP contribution in [-0.4, -0.2) is 47.8 Å². The molecular formula is C15H28N2O2. The van der Waals surface area contributed by atoms with E-state index in [1.165, 1.54) is 0 Å². The van der Waals surface area contributed by atoms with E-state index in [1.807, 2.05) is 37.5 Å². The molecule has 0 bridgehead atoms. The number of amides is 2. The van der Waals surface area contributed by atoms with E-state index >= 15 is 0 Å². The third-order valence-corrected chi connectivity index (χ3v) is 4.30. The summed E-state index contributed by atoms with van der Waals surface area (Å²) in [6.45, 7) is 10.9. The molecule has 1 saturated carbocycles. The van der Waals surface area contributed by atoms with Gasteiger partial charge in [-0.2, -0.15) is 0 Å². The maximum absolute atomic E-state index is 12.5. The lowest BCUT2D eigenvalue weighted by atomic mass is 9.93. The van der Waals surface area contributed by atoms with Gasteiger partial charge in [-0.15, -0.1) is 0 Å². The van der Waals surface area contributed by atoms with Gasteiger partial charge in [0.15, 0.2) is 0 Å². The Morgan fingerprint density at radius 1 is 0.789 bits per heavy atom. The molecule has 4 nitrogen and oxygen atoms in total. The van der Waals surface area contributed by atoms with Crippen LogP contribution < -0.4 is 0 Å². The topological polar surface area (TPSA) is 40.6 Å². The van der Waals surface area contributed by atoms with Gasteiger partial charge in [0.25, 0.3) is 0 Å². The van der Waals surface area contributed by atoms with Gasteiger partial charge in [-0.25, -0.2) is 0 Å². The Kier molecular flexibility index (Phi) is 6.32. The first kappa shape index (κ1) is 16.0. The van der Waals surface area contributed by atoms with E-state index in [0.29, 0.717) is 0 Å². The minimum Gasteiger partial charge on any atom is -0.343 e. The van der Waals surface area contributed by atoms with E-state index in [2.05, 4.69) is 0 Å². The van der Waals surface area contributed by atoms with E-state index in [4.69, 9.17) is 0 Å². The molecule has 1 aliphatic carbocycles. The van der Waals surface area contributed by atoms with Gasteiger partial charge in [0.2, 0.25) is 11.8 Å². The Bertz CT molecular complexity index is 279. The maximum Gasteiger partial charge on any atom is 0.226 e. The quantitative estimate of drug-likeness (QED) is 0.740. The van der Waals surface area contributed by atoms with Gasteiger partial charge in [0.05, 0.1) is 0 Å². The Hall–Kier alpha value is -1.06. The van der Waals surface area contributed by atoms with E-state index < -0.39 is 0 Å². The van der Waals surface area contributed by atoms with Gasteiger partial charge in [0, 0.05) is 38.0 Å². The summed E-state index contributed by atoms with van der Waals surface area (Å²) in [5, 5.41) is 0. The van der Waals surface area contributed by atoms with Crippen LogP contribution in [0.2, 0.25) is 0 Å². The highest BCUT2D eigenvalue weighted by atomic mass is 16.2. The summed E-state index contributed by atoms with van der Waals surface area (Å²) >= 11 is 0. The average molecular weight is 268 g/mol. The molecule has 1 fully saturated rings. The zero-order valence-corrected chi connectivity index (χ0v) is 12.8. The number of rotatable bonds is 6. The summed E-state index contributed by atoms with van der Waals surface area (Å²) in [6, 6.07) is 0. The molecule has 0 aromatic rings. The second-order valence-electron chi connectivity index (χ2n) is 5.16. The SMILES string of the molecule is CCN(CC)C(=O)[C@@H]1CCC[C@H]1C(=O)N(CC)CC. The van der Waals surface area contributed by atoms with Crippen molar-refractivity contribution in [2.75, 3.05) is 26.2 Å². The van der Waals surface area contributed by atoms with Crippen molar-refractivity contribution in [1.82, 2.24) is 9.80 Å². The standard InChI is InChI=1S/C15H28N2O2/c1-5-16(6-2)14(18)12-10-9-11-13(12)15(19)17(7-3)8-4/h12-13H,5-11H2,1-4H3/t12-,13-/m1/s1. The van der Waals surface area contributed by atoms with Gasteiger partial charge in [-0.3, -0.25) is 9.59 Å². The van der Waals surface area contributed by atoms with Crippen LogP contribution in [-0.2, 0) is 9.59 Å². The van der Waals surface area contributed by atoms with Crippen LogP contribution in [0.15, 0.2) is 0 Å². The minimum absolute atomic E-state index is 0.0898. The van der Waals surface area contributed by atoms with Gasteiger partial charge in [-0.05, 0) is 40.5 Å². The summed E-state index contributed by atoms with van der Waals surface area (Å²) in [7, 11) is 0. The lowest BCUT2D eigenvalue weighted by Crippen LogP contribution is -2.43. The van der Waals surface area contributed by atoms with Crippen molar-refractivity contribution in [1.29, 1.82) is 0 Å². The number of hydrogen-bond acceptors (Lipinski definition) is 2. The first-order valence-corrected chi connectivity index (χ1v) is 7.68. The summed E-state index contributed by atoms with van der Waals surface area (Å²) in [4.78, 5) is 28.7. The van der Waals surface area contributed by atoms with Crippen molar-refractivity contribution in [3.05, 3.63) is 0 Å². The van der Waals surface area contributed by atoms with Crippen molar-refractivity contribution in [2.24, 2.45) is 11.8 Å². The lowest BCUT2D eigenvalue weighted by molar-refractivity contribution is -0.144. The molecule has 0 unspecified atom stereocenters. The number of hydrogen-bond donors (Lipinski definition) is 0. The molecule has 4 heteroatoms. The zero-order valence-electron chi connectivity index (χ0n) is 12.8. The fraction of sp³-hybridized carbons (Fsp3) is 0.867. The normalized spacial score (nSPS) is 22.3. The molecule has 0 radical (unpaired) electrons. The second-order valence-corrected chi connectivity index (χ2v) is 5.16. The first-order valence-electron chi connectivity index (χ1n) is 7.68. The zero-order chi connectivity index (χ0) is 14.4. The largest absolute Gasteiger partial charge is 0.343 e. The van der Waals surface area contributed by atoms with Crippen LogP contribution >= 0.6 is 0 Å². The van der Waals surface area contributed by atoms with Crippen molar-refractivity contribution in [3.63, 3.8) is 0 Å². The van der Waals surface area contributed by atoms with Gasteiger partial charge in [-0.1, -0.05) is 6.42 Å². The summed E-state index contributed by atoms with van der Waals surface area (Å²) < 4.78 is 0. The van der Waals surface area contributed by atoms with Crippen molar-refractivity contribution in [3.8, 4) is 0 Å². The molecule has 0 N–H and O–H groups in total. The Balaban J connectivity index is 2.78. The molecule has 2 amide bonds. The van der Waals surface area contributed by atoms with E-state index in [1.54, 1.807) is 0 Å². The van der Waals surface area contributed by atoms with Gasteiger partial charge < -0.3 is 9.80 Å². The van der Waals surface area contributed by atoms with Crippen LogP contribution in [0.4, 0.5) is 0 Å². The predicted octanol–water partition coefficient (Wildman–Crippen LogP) is 2.14. The molecule has 0 aromatic carbocycles. The van der Waals surface area contributed by atoms with E-state index in [9.17, 15) is 9.59 Å². The maximum atomic E-state index is 12.5. The number of carbonyl (C=O) groups excluding carboxylic acids is 2. The molecule has 19 heavy (non-hydrogen) atoms. The molecule has 0 aliphatic heterocycles. The molecule has 0 saturated heterocycles. The molecule has 1 rings (SSSR count). The van der Waals surface area contributed by atoms with Crippen molar-refractivity contribution < 1.29 is 9.59 Å². The Morgan fingerprint density at radius 3 is 1.37 bits per heavy atom. The third kappa shape index (κ3) is 3.48. The predicted molar refractivity (Wildman–Crippen MR) is 76.7 cm³/mol. The Labute approximate surface area is 117 Å². The fourth-order valence-electron chi connectivity index (χ4n) is 3.09. The van der Waals surface area contributed by atoms with Crippen LogP contribution in [0.3, 0.4) is 0 Å². The summed E-state index contributed by atoms with van der Waals surface area (Å²) in [5.41, 5.74) is 0. The fourth-order valence-corrected chi connectivity index (χ4v) is 3.09. The highest BCUT2D eigenvalue weighted by Gasteiger charge is 2.40. The minimum atomic E-state index is -0.0898. The highest BCUT2D eigenvalue weighted by molar-refractivity contribution is 5.88. The monoisotopic (exact) mass is 268 g/mol. The van der Waals surface area contributed by atoms with Crippen LogP contribution in [0.1, 0.15) is 47.0 Å². The highest BCUT2D eigenvalue weighted by Crippen LogP contribution is 2.34. The Morgan fingerprint density at radius 2 is 1.11 bits per heavy atom. The molecule has 1 aliphatic rings. The van der Waals surface area contributed by atoms with Crippen molar-refractivity contribution >= 4 is 11.8 Å². The summed E-state index contributed by atoms with van der Waals surface area (Å²) in [6.07, 6.45) is 2.73. The van der Waals surface area contributed by atoms with E-state index in [0.717, 1.165) is 45.4 Å². The molecule has 110 valence electrons. The number of carbonyl (C=O) groups is 2. The summed E-state index contributed by atoms with van der Waals surface area (Å²) in [5.74, 6) is 0.169. The first-order chi connectivity index (χ1) is 9.10. The van der Waals surface area contributed by atoms with Crippen molar-refractivity contribution in [2.45, 2.75) is 47.0 Å². The van der Waals surface area contributed by atoms with Crippen LogP contribution in [0.5, 0.6) is 0 Å². The van der Waals surface area contributed by atoms with Gasteiger partial charge in [0.1, 0.15) is 0 Å². The molecule has 0 aromatic heterocycles. The average Bonchev–Trinajstić information content (AvgIpc) is 2.90. The van der Waals surface area contributed by atoms with Crippen LogP contribution in [0.25, 0.3) is 0 Å². The third-order valence-electron chi connectivity index (χ3n) is 4.30. The molecular weight excluding hydrogens is 240 g/mol. The number of nitrogens with zero attached hydrogens (tertiary/aromatic N) is 2. The molecule has 2 atom stereocenters. The van der Waals surface area contributed by atoms with Gasteiger partial charge >= 0.3 is 0 Å². The van der Waals surface area contributed by atoms with Crippen LogP contribution in [0, 0.1) is 11.8 Å². The lowest BCUT2D eigenvalue weighted by Gasteiger charge is -2.29.